The van der Waals surface area contributed by atoms with Crippen molar-refractivity contribution in [2.45, 2.75) is 19.5 Å². The molecule has 1 saturated heterocycles. The quantitative estimate of drug-likeness (QED) is 0.556. The Bertz CT molecular complexity index is 1030. The molecule has 0 bridgehead atoms. The second-order valence-electron chi connectivity index (χ2n) is 8.01. The molecule has 0 spiro atoms. The number of carbonyl (C=O) groups excluding carboxylic acids is 1. The van der Waals surface area contributed by atoms with Gasteiger partial charge in [-0.3, -0.25) is 19.4 Å². The predicted molar refractivity (Wildman–Crippen MR) is 125 cm³/mol. The van der Waals surface area contributed by atoms with E-state index in [1.807, 2.05) is 54.2 Å². The van der Waals surface area contributed by atoms with E-state index in [9.17, 15) is 4.79 Å². The minimum atomic E-state index is -0.112. The van der Waals surface area contributed by atoms with Gasteiger partial charge in [0.2, 0.25) is 5.91 Å². The predicted octanol–water partition coefficient (Wildman–Crippen LogP) is 2.84. The monoisotopic (exact) mass is 431 g/mol. The molecule has 3 heterocycles. The van der Waals surface area contributed by atoms with Gasteiger partial charge in [-0.15, -0.1) is 0 Å². The molecule has 1 amide bonds. The summed E-state index contributed by atoms with van der Waals surface area (Å²) in [6, 6.07) is 14.1. The number of rotatable bonds is 8. The number of hydrogen-bond donors (Lipinski definition) is 1. The van der Waals surface area contributed by atoms with Crippen LogP contribution in [0.3, 0.4) is 0 Å². The summed E-state index contributed by atoms with van der Waals surface area (Å²) in [5.41, 5.74) is 3.77. The van der Waals surface area contributed by atoms with Crippen molar-refractivity contribution in [3.05, 3.63) is 78.3 Å². The average molecular weight is 432 g/mol. The van der Waals surface area contributed by atoms with Crippen LogP contribution in [0.1, 0.15) is 18.1 Å². The number of amides is 1. The highest BCUT2D eigenvalue weighted by Crippen LogP contribution is 2.23. The zero-order valence-electron chi connectivity index (χ0n) is 18.4. The zero-order chi connectivity index (χ0) is 22.2. The van der Waals surface area contributed by atoms with Gasteiger partial charge >= 0.3 is 0 Å². The molecule has 1 aliphatic heterocycles. The van der Waals surface area contributed by atoms with Crippen molar-refractivity contribution in [3.8, 4) is 11.3 Å². The third-order valence-corrected chi connectivity index (χ3v) is 5.35. The van der Waals surface area contributed by atoms with Crippen LogP contribution in [-0.4, -0.2) is 64.5 Å². The number of ether oxygens (including phenoxy) is 1. The molecule has 4 rings (SSSR count). The highest BCUT2D eigenvalue weighted by molar-refractivity contribution is 5.92. The fourth-order valence-electron chi connectivity index (χ4n) is 3.81. The van der Waals surface area contributed by atoms with Gasteiger partial charge in [-0.1, -0.05) is 30.3 Å². The lowest BCUT2D eigenvalue weighted by molar-refractivity contribution is -0.117. The lowest BCUT2D eigenvalue weighted by atomic mass is 10.1. The normalized spacial score (nSPS) is 15.7. The third kappa shape index (κ3) is 6.12. The minimum absolute atomic E-state index is 0.0591. The maximum Gasteiger partial charge on any atom is 0.244 e. The average Bonchev–Trinajstić information content (AvgIpc) is 3.22. The highest BCUT2D eigenvalue weighted by Gasteiger charge is 2.15. The van der Waals surface area contributed by atoms with Crippen LogP contribution in [0.4, 0.5) is 0 Å². The number of nitrogens with one attached hydrogen (secondary N) is 1. The zero-order valence-corrected chi connectivity index (χ0v) is 18.4. The molecule has 1 N–H and O–H groups in total. The lowest BCUT2D eigenvalue weighted by Crippen LogP contribution is -2.45. The van der Waals surface area contributed by atoms with Crippen molar-refractivity contribution in [1.29, 1.82) is 0 Å². The van der Waals surface area contributed by atoms with Gasteiger partial charge in [-0.05, 0) is 30.7 Å². The van der Waals surface area contributed by atoms with Crippen LogP contribution in [0.5, 0.6) is 0 Å². The van der Waals surface area contributed by atoms with Gasteiger partial charge in [-0.2, -0.15) is 5.10 Å². The van der Waals surface area contributed by atoms with Gasteiger partial charge in [0.15, 0.2) is 0 Å². The smallest absolute Gasteiger partial charge is 0.244 e. The number of carbonyl (C=O) groups is 1. The number of morpholine rings is 1. The lowest BCUT2D eigenvalue weighted by Gasteiger charge is -2.29. The molecule has 0 radical (unpaired) electrons. The molecule has 3 aromatic rings. The van der Waals surface area contributed by atoms with Gasteiger partial charge in [-0.25, -0.2) is 0 Å². The first kappa shape index (κ1) is 21.9. The van der Waals surface area contributed by atoms with Crippen molar-refractivity contribution < 1.29 is 9.53 Å². The Kier molecular flexibility index (Phi) is 7.42. The largest absolute Gasteiger partial charge is 0.379 e. The van der Waals surface area contributed by atoms with E-state index in [1.54, 1.807) is 18.5 Å². The first-order chi connectivity index (χ1) is 15.7. The summed E-state index contributed by atoms with van der Waals surface area (Å²) in [6.07, 6.45) is 8.91. The van der Waals surface area contributed by atoms with E-state index in [4.69, 9.17) is 9.84 Å². The standard InChI is InChI=1S/C25H29N5O2/c1-20(17-29-12-14-32-15-13-29)27-24(31)10-9-23-19-30(18-21-6-3-2-4-7-21)28-25(23)22-8-5-11-26-16-22/h2-11,16,19-20H,12-15,17-18H2,1H3,(H,27,31). The van der Waals surface area contributed by atoms with E-state index >= 15 is 0 Å². The Hall–Kier alpha value is -3.29. The summed E-state index contributed by atoms with van der Waals surface area (Å²) < 4.78 is 7.28. The van der Waals surface area contributed by atoms with Crippen LogP contribution in [0, 0.1) is 0 Å². The molecule has 166 valence electrons. The Balaban J connectivity index is 1.46. The molecule has 32 heavy (non-hydrogen) atoms. The van der Waals surface area contributed by atoms with E-state index in [1.165, 1.54) is 0 Å². The van der Waals surface area contributed by atoms with Crippen LogP contribution in [0.2, 0.25) is 0 Å². The van der Waals surface area contributed by atoms with E-state index < -0.39 is 0 Å². The van der Waals surface area contributed by atoms with Gasteiger partial charge in [0.05, 0.1) is 19.8 Å². The van der Waals surface area contributed by atoms with Crippen molar-refractivity contribution in [1.82, 2.24) is 25.0 Å². The van der Waals surface area contributed by atoms with Crippen molar-refractivity contribution in [3.63, 3.8) is 0 Å². The van der Waals surface area contributed by atoms with Gasteiger partial charge < -0.3 is 10.1 Å². The number of hydrogen-bond acceptors (Lipinski definition) is 5. The SMILES string of the molecule is CC(CN1CCOCC1)NC(=O)C=Cc1cn(Cc2ccccc2)nc1-c1cccnc1. The molecular weight excluding hydrogens is 402 g/mol. The van der Waals surface area contributed by atoms with E-state index in [0.29, 0.717) is 6.54 Å². The molecule has 1 fully saturated rings. The third-order valence-electron chi connectivity index (χ3n) is 5.35. The molecule has 1 aliphatic rings. The fraction of sp³-hybridized carbons (Fsp3) is 0.320. The Morgan fingerprint density at radius 3 is 2.75 bits per heavy atom. The summed E-state index contributed by atoms with van der Waals surface area (Å²) in [4.78, 5) is 19.1. The first-order valence-electron chi connectivity index (χ1n) is 11.0. The summed E-state index contributed by atoms with van der Waals surface area (Å²) >= 11 is 0. The van der Waals surface area contributed by atoms with E-state index in [0.717, 1.165) is 55.2 Å². The van der Waals surface area contributed by atoms with E-state index in [-0.39, 0.29) is 11.9 Å². The van der Waals surface area contributed by atoms with Crippen molar-refractivity contribution in [2.24, 2.45) is 0 Å². The summed E-state index contributed by atoms with van der Waals surface area (Å²) in [6.45, 7) is 6.83. The molecule has 7 nitrogen and oxygen atoms in total. The fourth-order valence-corrected chi connectivity index (χ4v) is 3.81. The Morgan fingerprint density at radius 1 is 1.19 bits per heavy atom. The molecule has 1 unspecified atom stereocenters. The van der Waals surface area contributed by atoms with Gasteiger partial charge in [0.25, 0.3) is 0 Å². The maximum atomic E-state index is 12.5. The molecule has 2 aromatic heterocycles. The van der Waals surface area contributed by atoms with Crippen LogP contribution in [0.15, 0.2) is 67.1 Å². The Labute approximate surface area is 188 Å². The molecule has 0 aliphatic carbocycles. The first-order valence-corrected chi connectivity index (χ1v) is 11.0. The maximum absolute atomic E-state index is 12.5. The van der Waals surface area contributed by atoms with E-state index in [2.05, 4.69) is 27.3 Å². The van der Waals surface area contributed by atoms with Crippen molar-refractivity contribution >= 4 is 12.0 Å². The molecular formula is C25H29N5O2. The number of benzene rings is 1. The van der Waals surface area contributed by atoms with Crippen LogP contribution in [0.25, 0.3) is 17.3 Å². The molecule has 1 aromatic carbocycles. The molecule has 0 saturated carbocycles. The second-order valence-corrected chi connectivity index (χ2v) is 8.01. The van der Waals surface area contributed by atoms with Gasteiger partial charge in [0.1, 0.15) is 5.69 Å². The van der Waals surface area contributed by atoms with Crippen molar-refractivity contribution in [2.75, 3.05) is 32.8 Å². The highest BCUT2D eigenvalue weighted by atomic mass is 16.5. The van der Waals surface area contributed by atoms with Crippen LogP contribution in [-0.2, 0) is 16.1 Å². The number of aromatic nitrogens is 3. The topological polar surface area (TPSA) is 72.3 Å². The van der Waals surface area contributed by atoms with Crippen LogP contribution < -0.4 is 5.32 Å². The summed E-state index contributed by atoms with van der Waals surface area (Å²) in [5.74, 6) is -0.112. The number of nitrogens with zero attached hydrogens (tertiary/aromatic N) is 4. The molecule has 1 atom stereocenters. The minimum Gasteiger partial charge on any atom is -0.379 e. The van der Waals surface area contributed by atoms with Gasteiger partial charge in [0, 0.05) is 61.5 Å². The number of pyridine rings is 1. The Morgan fingerprint density at radius 2 is 2.00 bits per heavy atom. The molecule has 7 heteroatoms. The van der Waals surface area contributed by atoms with Crippen LogP contribution >= 0.6 is 0 Å². The summed E-state index contributed by atoms with van der Waals surface area (Å²) in [7, 11) is 0. The second kappa shape index (κ2) is 10.8. The summed E-state index contributed by atoms with van der Waals surface area (Å²) in [5, 5.41) is 7.82.